The van der Waals surface area contributed by atoms with Gasteiger partial charge in [-0.2, -0.15) is 0 Å². The third-order valence-electron chi connectivity index (χ3n) is 3.77. The van der Waals surface area contributed by atoms with Crippen molar-refractivity contribution in [2.24, 2.45) is 5.92 Å². The van der Waals surface area contributed by atoms with Crippen LogP contribution in [0.4, 0.5) is 0 Å². The molecule has 2 heteroatoms. The lowest BCUT2D eigenvalue weighted by Crippen LogP contribution is -3.13. The van der Waals surface area contributed by atoms with Crippen molar-refractivity contribution >= 4 is 0 Å². The van der Waals surface area contributed by atoms with Crippen molar-refractivity contribution in [2.45, 2.75) is 58.8 Å². The minimum atomic E-state index is 1.05. The summed E-state index contributed by atoms with van der Waals surface area (Å²) >= 11 is 0. The van der Waals surface area contributed by atoms with Crippen LogP contribution >= 0.6 is 0 Å². The predicted molar refractivity (Wildman–Crippen MR) is 67.7 cm³/mol. The standard InChI is InChI=1S/C13H27N.CN/c1-3-5-6-7-10-14-11-8-13(4-2)9-12-14;1-2/h13H,3-12H2,1-2H3;/q;-1/p+1. The van der Waals surface area contributed by atoms with Crippen molar-refractivity contribution < 1.29 is 4.90 Å². The van der Waals surface area contributed by atoms with Crippen molar-refractivity contribution in [3.05, 3.63) is 6.57 Å². The molecule has 2 nitrogen and oxygen atoms in total. The summed E-state index contributed by atoms with van der Waals surface area (Å²) in [4.78, 5) is 1.88. The Morgan fingerprint density at radius 3 is 2.19 bits per heavy atom. The van der Waals surface area contributed by atoms with Crippen LogP contribution in [0.5, 0.6) is 0 Å². The lowest BCUT2D eigenvalue weighted by atomic mass is 9.94. The van der Waals surface area contributed by atoms with Crippen LogP contribution in [-0.4, -0.2) is 19.6 Å². The van der Waals surface area contributed by atoms with Crippen molar-refractivity contribution in [1.82, 2.24) is 0 Å². The monoisotopic (exact) mass is 224 g/mol. The van der Waals surface area contributed by atoms with Gasteiger partial charge < -0.3 is 16.7 Å². The van der Waals surface area contributed by atoms with Gasteiger partial charge in [-0.25, -0.2) is 0 Å². The molecule has 0 spiro atoms. The number of quaternary nitrogens is 1. The molecule has 0 amide bonds. The van der Waals surface area contributed by atoms with E-state index in [-0.39, 0.29) is 0 Å². The van der Waals surface area contributed by atoms with Gasteiger partial charge >= 0.3 is 0 Å². The van der Waals surface area contributed by atoms with Crippen LogP contribution in [0, 0.1) is 17.8 Å². The Morgan fingerprint density at radius 2 is 1.69 bits per heavy atom. The highest BCUT2D eigenvalue weighted by Gasteiger charge is 2.19. The molecule has 1 N–H and O–H groups in total. The number of nitrogens with one attached hydrogen (secondary N) is 1. The van der Waals surface area contributed by atoms with Gasteiger partial charge in [-0.15, -0.1) is 0 Å². The van der Waals surface area contributed by atoms with Gasteiger partial charge in [0.2, 0.25) is 0 Å². The van der Waals surface area contributed by atoms with Gasteiger partial charge in [-0.05, 0) is 31.6 Å². The average molecular weight is 224 g/mol. The normalized spacial score (nSPS) is 24.5. The molecule has 0 radical (unpaired) electrons. The molecule has 0 aromatic rings. The SMILES string of the molecule is CCCCCC[NH+]1CCC(CC)CC1.[C-]#N. The Balaban J connectivity index is 0.00000106. The van der Waals surface area contributed by atoms with Gasteiger partial charge in [0, 0.05) is 0 Å². The zero-order valence-electron chi connectivity index (χ0n) is 11.1. The van der Waals surface area contributed by atoms with Crippen LogP contribution in [0.25, 0.3) is 0 Å². The molecule has 0 atom stereocenters. The number of hydrogen-bond acceptors (Lipinski definition) is 1. The van der Waals surface area contributed by atoms with Crippen LogP contribution in [0.1, 0.15) is 58.8 Å². The average Bonchev–Trinajstić information content (AvgIpc) is 2.38. The molecule has 16 heavy (non-hydrogen) atoms. The van der Waals surface area contributed by atoms with Gasteiger partial charge in [0.1, 0.15) is 0 Å². The first-order chi connectivity index (χ1) is 7.86. The fourth-order valence-corrected chi connectivity index (χ4v) is 2.55. The van der Waals surface area contributed by atoms with E-state index in [9.17, 15) is 0 Å². The Bertz CT molecular complexity index is 157. The van der Waals surface area contributed by atoms with E-state index in [0.717, 1.165) is 5.92 Å². The van der Waals surface area contributed by atoms with E-state index < -0.39 is 0 Å². The molecule has 1 heterocycles. The van der Waals surface area contributed by atoms with E-state index in [1.54, 1.807) is 0 Å². The molecule has 0 aliphatic carbocycles. The zero-order valence-corrected chi connectivity index (χ0v) is 11.1. The molecule has 1 rings (SSSR count). The second-order valence-corrected chi connectivity index (χ2v) is 4.91. The van der Waals surface area contributed by atoms with Crippen molar-refractivity contribution in [2.75, 3.05) is 19.6 Å². The summed E-state index contributed by atoms with van der Waals surface area (Å²) in [5.74, 6) is 1.05. The first kappa shape index (κ1) is 15.4. The van der Waals surface area contributed by atoms with E-state index in [0.29, 0.717) is 0 Å². The third kappa shape index (κ3) is 6.85. The molecule has 1 aliphatic rings. The summed E-state index contributed by atoms with van der Waals surface area (Å²) in [7, 11) is 0. The molecule has 0 saturated carbocycles. The maximum absolute atomic E-state index is 6.25. The molecular formula is C14H28N2. The molecular weight excluding hydrogens is 196 g/mol. The molecule has 1 aliphatic heterocycles. The lowest BCUT2D eigenvalue weighted by molar-refractivity contribution is -0.906. The highest BCUT2D eigenvalue weighted by molar-refractivity contribution is 4.59. The molecule has 0 aromatic heterocycles. The zero-order chi connectivity index (χ0) is 12.2. The molecule has 1 fully saturated rings. The number of likely N-dealkylation sites (tertiary alicyclic amines) is 1. The molecule has 94 valence electrons. The Hall–Kier alpha value is -0.550. The molecule has 0 bridgehead atoms. The van der Waals surface area contributed by atoms with Crippen LogP contribution in [0.15, 0.2) is 0 Å². The minimum Gasteiger partial charge on any atom is -0.512 e. The lowest BCUT2D eigenvalue weighted by Gasteiger charge is -2.28. The Morgan fingerprint density at radius 1 is 1.06 bits per heavy atom. The number of nitrogens with zero attached hydrogens (tertiary/aromatic N) is 1. The maximum atomic E-state index is 6.25. The minimum absolute atomic E-state index is 1.05. The van der Waals surface area contributed by atoms with E-state index in [1.165, 1.54) is 64.6 Å². The van der Waals surface area contributed by atoms with Crippen molar-refractivity contribution in [3.8, 4) is 0 Å². The topological polar surface area (TPSA) is 28.2 Å². The summed E-state index contributed by atoms with van der Waals surface area (Å²) in [5.41, 5.74) is 0. The Kier molecular flexibility index (Phi) is 10.6. The summed E-state index contributed by atoms with van der Waals surface area (Å²) in [6.45, 7) is 13.7. The largest absolute Gasteiger partial charge is 0.512 e. The van der Waals surface area contributed by atoms with Crippen molar-refractivity contribution in [3.63, 3.8) is 0 Å². The third-order valence-corrected chi connectivity index (χ3v) is 3.77. The maximum Gasteiger partial charge on any atom is 0.0773 e. The highest BCUT2D eigenvalue weighted by atomic mass is 15.1. The molecule has 0 unspecified atom stereocenters. The summed E-state index contributed by atoms with van der Waals surface area (Å²) < 4.78 is 0. The van der Waals surface area contributed by atoms with Crippen LogP contribution in [-0.2, 0) is 0 Å². The predicted octanol–water partition coefficient (Wildman–Crippen LogP) is 2.37. The second-order valence-electron chi connectivity index (χ2n) is 4.91. The quantitative estimate of drug-likeness (QED) is 0.544. The smallest absolute Gasteiger partial charge is 0.0773 e. The van der Waals surface area contributed by atoms with Gasteiger partial charge in [-0.3, -0.25) is 0 Å². The summed E-state index contributed by atoms with van der Waals surface area (Å²) in [6.07, 6.45) is 10.1. The van der Waals surface area contributed by atoms with E-state index in [4.69, 9.17) is 11.8 Å². The van der Waals surface area contributed by atoms with E-state index >= 15 is 0 Å². The Labute approximate surface area is 102 Å². The first-order valence-electron chi connectivity index (χ1n) is 6.92. The number of unbranched alkanes of at least 4 members (excludes halogenated alkanes) is 3. The molecule has 1 saturated heterocycles. The highest BCUT2D eigenvalue weighted by Crippen LogP contribution is 2.12. The summed E-state index contributed by atoms with van der Waals surface area (Å²) in [6, 6.07) is 0. The second kappa shape index (κ2) is 11.0. The first-order valence-corrected chi connectivity index (χ1v) is 6.92. The fraction of sp³-hybridized carbons (Fsp3) is 0.929. The van der Waals surface area contributed by atoms with E-state index in [2.05, 4.69) is 13.8 Å². The molecule has 0 aromatic carbocycles. The summed E-state index contributed by atoms with van der Waals surface area (Å²) in [5, 5.41) is 6.25. The van der Waals surface area contributed by atoms with Gasteiger partial charge in [-0.1, -0.05) is 33.1 Å². The van der Waals surface area contributed by atoms with E-state index in [1.807, 2.05) is 4.90 Å². The fourth-order valence-electron chi connectivity index (χ4n) is 2.55. The number of hydrogen-bond donors (Lipinski definition) is 1. The van der Waals surface area contributed by atoms with Crippen LogP contribution in [0.2, 0.25) is 0 Å². The van der Waals surface area contributed by atoms with Crippen LogP contribution < -0.4 is 4.90 Å². The van der Waals surface area contributed by atoms with Gasteiger partial charge in [0.15, 0.2) is 0 Å². The van der Waals surface area contributed by atoms with Crippen LogP contribution in [0.3, 0.4) is 0 Å². The van der Waals surface area contributed by atoms with Gasteiger partial charge in [0.25, 0.3) is 0 Å². The number of piperidine rings is 1. The number of rotatable bonds is 6. The van der Waals surface area contributed by atoms with Gasteiger partial charge in [0.05, 0.1) is 19.6 Å². The van der Waals surface area contributed by atoms with Crippen molar-refractivity contribution in [1.29, 1.82) is 5.26 Å².